The summed E-state index contributed by atoms with van der Waals surface area (Å²) in [5, 5.41) is 2.40. The molecule has 4 nitrogen and oxygen atoms in total. The minimum atomic E-state index is -0.0860. The highest BCUT2D eigenvalue weighted by Crippen LogP contribution is 1.92. The van der Waals surface area contributed by atoms with E-state index >= 15 is 0 Å². The van der Waals surface area contributed by atoms with Gasteiger partial charge < -0.3 is 14.9 Å². The zero-order valence-electron chi connectivity index (χ0n) is 10.3. The van der Waals surface area contributed by atoms with E-state index in [0.717, 1.165) is 6.29 Å². The summed E-state index contributed by atoms with van der Waals surface area (Å²) in [5.74, 6) is -0.0860. The van der Waals surface area contributed by atoms with E-state index in [9.17, 15) is 9.59 Å². The van der Waals surface area contributed by atoms with Gasteiger partial charge in [-0.05, 0) is 6.92 Å². The molecule has 0 fully saturated rings. The first kappa shape index (κ1) is 17.4. The SMILES string of the molecule is C=O.CNC(=O)CCC=O.Cc1ccccc1. The molecule has 0 unspecified atom stereocenters. The summed E-state index contributed by atoms with van der Waals surface area (Å²) in [7, 11) is 1.55. The number of carbonyl (C=O) groups is 3. The Morgan fingerprint density at radius 1 is 1.29 bits per heavy atom. The first-order valence-electron chi connectivity index (χ1n) is 5.15. The summed E-state index contributed by atoms with van der Waals surface area (Å²) in [4.78, 5) is 27.9. The van der Waals surface area contributed by atoms with Gasteiger partial charge in [0.05, 0.1) is 0 Å². The van der Waals surface area contributed by atoms with Gasteiger partial charge in [-0.15, -0.1) is 0 Å². The molecule has 1 amide bonds. The number of carbonyl (C=O) groups excluding carboxylic acids is 3. The highest BCUT2D eigenvalue weighted by atomic mass is 16.1. The molecule has 0 radical (unpaired) electrons. The van der Waals surface area contributed by atoms with E-state index in [1.54, 1.807) is 7.05 Å². The van der Waals surface area contributed by atoms with Crippen LogP contribution < -0.4 is 5.32 Å². The molecule has 1 N–H and O–H groups in total. The van der Waals surface area contributed by atoms with Crippen molar-refractivity contribution in [2.24, 2.45) is 0 Å². The molecule has 0 aliphatic carbocycles. The third-order valence-corrected chi connectivity index (χ3v) is 1.71. The first-order chi connectivity index (χ1) is 8.20. The quantitative estimate of drug-likeness (QED) is 0.811. The Labute approximate surface area is 102 Å². The Morgan fingerprint density at radius 3 is 2.12 bits per heavy atom. The van der Waals surface area contributed by atoms with Gasteiger partial charge in [-0.2, -0.15) is 0 Å². The maximum absolute atomic E-state index is 10.3. The lowest BCUT2D eigenvalue weighted by Crippen LogP contribution is -2.16. The molecule has 17 heavy (non-hydrogen) atoms. The van der Waals surface area contributed by atoms with Gasteiger partial charge in [0.1, 0.15) is 13.1 Å². The van der Waals surface area contributed by atoms with E-state index < -0.39 is 0 Å². The highest BCUT2D eigenvalue weighted by Gasteiger charge is 1.93. The summed E-state index contributed by atoms with van der Waals surface area (Å²) in [6, 6.07) is 10.3. The monoisotopic (exact) mass is 237 g/mol. The van der Waals surface area contributed by atoms with Gasteiger partial charge in [-0.25, -0.2) is 0 Å². The predicted octanol–water partition coefficient (Wildman–Crippen LogP) is 1.52. The Balaban J connectivity index is 0. The fourth-order valence-electron chi connectivity index (χ4n) is 0.849. The van der Waals surface area contributed by atoms with Crippen molar-refractivity contribution < 1.29 is 14.4 Å². The summed E-state index contributed by atoms with van der Waals surface area (Å²) in [6.07, 6.45) is 1.36. The number of rotatable bonds is 3. The second-order valence-electron chi connectivity index (χ2n) is 3.03. The number of nitrogens with one attached hydrogen (secondary N) is 1. The molecule has 4 heteroatoms. The van der Waals surface area contributed by atoms with E-state index in [1.165, 1.54) is 5.56 Å². The Hall–Kier alpha value is -1.97. The van der Waals surface area contributed by atoms with Crippen LogP contribution in [-0.4, -0.2) is 26.0 Å². The molecule has 0 saturated carbocycles. The van der Waals surface area contributed by atoms with Crippen LogP contribution in [0.15, 0.2) is 30.3 Å². The molecule has 0 atom stereocenters. The molecule has 0 aromatic heterocycles. The fourth-order valence-corrected chi connectivity index (χ4v) is 0.849. The van der Waals surface area contributed by atoms with E-state index in [-0.39, 0.29) is 5.91 Å². The van der Waals surface area contributed by atoms with Crippen LogP contribution in [0, 0.1) is 6.92 Å². The van der Waals surface area contributed by atoms with Gasteiger partial charge in [0, 0.05) is 19.9 Å². The lowest BCUT2D eigenvalue weighted by molar-refractivity contribution is -0.122. The molecule has 1 aromatic carbocycles. The number of hydrogen-bond acceptors (Lipinski definition) is 3. The van der Waals surface area contributed by atoms with Gasteiger partial charge in [0.25, 0.3) is 0 Å². The Bertz CT molecular complexity index is 299. The minimum absolute atomic E-state index is 0.0860. The van der Waals surface area contributed by atoms with E-state index in [1.807, 2.05) is 25.0 Å². The minimum Gasteiger partial charge on any atom is -0.359 e. The highest BCUT2D eigenvalue weighted by molar-refractivity contribution is 5.77. The van der Waals surface area contributed by atoms with Crippen LogP contribution in [0.3, 0.4) is 0 Å². The number of amides is 1. The molecule has 0 spiro atoms. The van der Waals surface area contributed by atoms with Crippen molar-refractivity contribution in [3.05, 3.63) is 35.9 Å². The van der Waals surface area contributed by atoms with Crippen LogP contribution in [0.1, 0.15) is 18.4 Å². The Morgan fingerprint density at radius 2 is 1.82 bits per heavy atom. The molecule has 0 bridgehead atoms. The van der Waals surface area contributed by atoms with Crippen molar-refractivity contribution in [1.29, 1.82) is 0 Å². The average molecular weight is 237 g/mol. The topological polar surface area (TPSA) is 63.2 Å². The van der Waals surface area contributed by atoms with Crippen LogP contribution in [0.25, 0.3) is 0 Å². The molecular formula is C13H19NO3. The standard InChI is InChI=1S/C7H8.C5H9NO2.CH2O/c1-7-5-3-2-4-6-7;1-6-5(8)3-2-4-7;1-2/h2-6H,1H3;4H,2-3H2,1H3,(H,6,8);1H2. The van der Waals surface area contributed by atoms with Crippen molar-refractivity contribution in [3.63, 3.8) is 0 Å². The van der Waals surface area contributed by atoms with Crippen molar-refractivity contribution in [1.82, 2.24) is 5.32 Å². The molecule has 1 rings (SSSR count). The number of benzene rings is 1. The normalized spacial score (nSPS) is 7.65. The van der Waals surface area contributed by atoms with E-state index in [4.69, 9.17) is 4.79 Å². The molecule has 0 saturated heterocycles. The number of aryl methyl sites for hydroxylation is 1. The zero-order chi connectivity index (χ0) is 13.5. The van der Waals surface area contributed by atoms with Gasteiger partial charge in [-0.3, -0.25) is 4.79 Å². The maximum Gasteiger partial charge on any atom is 0.220 e. The lowest BCUT2D eigenvalue weighted by Gasteiger charge is -1.90. The predicted molar refractivity (Wildman–Crippen MR) is 67.7 cm³/mol. The first-order valence-corrected chi connectivity index (χ1v) is 5.15. The van der Waals surface area contributed by atoms with Crippen LogP contribution in [0.2, 0.25) is 0 Å². The summed E-state index contributed by atoms with van der Waals surface area (Å²) < 4.78 is 0. The van der Waals surface area contributed by atoms with E-state index in [2.05, 4.69) is 24.4 Å². The third kappa shape index (κ3) is 14.0. The van der Waals surface area contributed by atoms with Crippen molar-refractivity contribution >= 4 is 19.0 Å². The number of hydrogen-bond donors (Lipinski definition) is 1. The average Bonchev–Trinajstić information content (AvgIpc) is 2.40. The second-order valence-corrected chi connectivity index (χ2v) is 3.03. The molecule has 0 aliphatic rings. The van der Waals surface area contributed by atoms with Crippen molar-refractivity contribution in [3.8, 4) is 0 Å². The van der Waals surface area contributed by atoms with Gasteiger partial charge >= 0.3 is 0 Å². The van der Waals surface area contributed by atoms with E-state index in [0.29, 0.717) is 12.8 Å². The molecule has 0 aliphatic heterocycles. The second kappa shape index (κ2) is 14.0. The van der Waals surface area contributed by atoms with Gasteiger partial charge in [-0.1, -0.05) is 35.9 Å². The third-order valence-electron chi connectivity index (χ3n) is 1.71. The van der Waals surface area contributed by atoms with Crippen LogP contribution in [-0.2, 0) is 14.4 Å². The number of aldehydes is 1. The van der Waals surface area contributed by atoms with Crippen LogP contribution >= 0.6 is 0 Å². The smallest absolute Gasteiger partial charge is 0.220 e. The summed E-state index contributed by atoms with van der Waals surface area (Å²) in [6.45, 7) is 4.08. The molecule has 94 valence electrons. The Kier molecular flexibility index (Phi) is 14.4. The zero-order valence-corrected chi connectivity index (χ0v) is 10.3. The van der Waals surface area contributed by atoms with Gasteiger partial charge in [0.15, 0.2) is 0 Å². The van der Waals surface area contributed by atoms with Crippen molar-refractivity contribution in [2.45, 2.75) is 19.8 Å². The lowest BCUT2D eigenvalue weighted by atomic mass is 10.2. The van der Waals surface area contributed by atoms with Gasteiger partial charge in [0.2, 0.25) is 5.91 Å². The largest absolute Gasteiger partial charge is 0.359 e. The maximum atomic E-state index is 10.3. The van der Waals surface area contributed by atoms with Crippen molar-refractivity contribution in [2.75, 3.05) is 7.05 Å². The van der Waals surface area contributed by atoms with Crippen LogP contribution in [0.4, 0.5) is 0 Å². The molecular weight excluding hydrogens is 218 g/mol. The van der Waals surface area contributed by atoms with Crippen LogP contribution in [0.5, 0.6) is 0 Å². The summed E-state index contributed by atoms with van der Waals surface area (Å²) in [5.41, 5.74) is 1.32. The fraction of sp³-hybridized carbons (Fsp3) is 0.308. The molecule has 1 aromatic rings. The summed E-state index contributed by atoms with van der Waals surface area (Å²) >= 11 is 0. The molecule has 0 heterocycles.